The quantitative estimate of drug-likeness (QED) is 0.709. The second kappa shape index (κ2) is 10.1. The van der Waals surface area contributed by atoms with Crippen molar-refractivity contribution in [3.05, 3.63) is 64.7 Å². The summed E-state index contributed by atoms with van der Waals surface area (Å²) in [4.78, 5) is 15.9. The van der Waals surface area contributed by atoms with Gasteiger partial charge in [-0.25, -0.2) is 0 Å². The van der Waals surface area contributed by atoms with E-state index in [1.807, 2.05) is 37.3 Å². The lowest BCUT2D eigenvalue weighted by molar-refractivity contribution is -0.120. The Bertz CT molecular complexity index is 748. The molecule has 6 heteroatoms. The third kappa shape index (κ3) is 6.25. The second-order valence-corrected chi connectivity index (χ2v) is 8.44. The number of benzene rings is 2. The Morgan fingerprint density at radius 3 is 2.52 bits per heavy atom. The van der Waals surface area contributed by atoms with E-state index in [1.165, 1.54) is 22.9 Å². The number of halogens is 1. The highest BCUT2D eigenvalue weighted by Gasteiger charge is 2.16. The van der Waals surface area contributed by atoms with Gasteiger partial charge < -0.3 is 10.1 Å². The summed E-state index contributed by atoms with van der Waals surface area (Å²) < 4.78 is 5.42. The molecule has 1 aliphatic heterocycles. The molecule has 0 spiro atoms. The zero-order valence-electron chi connectivity index (χ0n) is 15.5. The largest absolute Gasteiger partial charge is 0.379 e. The van der Waals surface area contributed by atoms with Crippen molar-refractivity contribution in [3.63, 3.8) is 0 Å². The molecule has 1 saturated heterocycles. The maximum absolute atomic E-state index is 12.5. The first-order chi connectivity index (χ1) is 13.1. The highest BCUT2D eigenvalue weighted by molar-refractivity contribution is 8.00. The van der Waals surface area contributed by atoms with Crippen LogP contribution in [0.5, 0.6) is 0 Å². The molecule has 1 unspecified atom stereocenters. The first-order valence-electron chi connectivity index (χ1n) is 9.18. The molecule has 27 heavy (non-hydrogen) atoms. The number of ether oxygens (including phenoxy) is 1. The van der Waals surface area contributed by atoms with E-state index in [0.29, 0.717) is 11.6 Å². The molecule has 0 aliphatic carbocycles. The summed E-state index contributed by atoms with van der Waals surface area (Å²) in [7, 11) is 0. The van der Waals surface area contributed by atoms with Gasteiger partial charge in [-0.3, -0.25) is 9.69 Å². The number of rotatable bonds is 7. The molecule has 1 N–H and O–H groups in total. The standard InChI is InChI=1S/C21H25ClN2O2S/c1-16(27-20-8-6-19(22)7-9-20)21(25)23-14-17-4-2-3-5-18(17)15-24-10-12-26-13-11-24/h2-9,16H,10-15H2,1H3,(H,23,25). The van der Waals surface area contributed by atoms with Gasteiger partial charge in [0, 0.05) is 36.1 Å². The van der Waals surface area contributed by atoms with Gasteiger partial charge in [0.2, 0.25) is 5.91 Å². The molecule has 1 amide bonds. The van der Waals surface area contributed by atoms with Crippen molar-refractivity contribution >= 4 is 29.3 Å². The van der Waals surface area contributed by atoms with Gasteiger partial charge in [0.15, 0.2) is 0 Å². The Morgan fingerprint density at radius 2 is 1.81 bits per heavy atom. The number of nitrogens with one attached hydrogen (secondary N) is 1. The van der Waals surface area contributed by atoms with Gasteiger partial charge in [-0.2, -0.15) is 0 Å². The lowest BCUT2D eigenvalue weighted by Gasteiger charge is -2.27. The summed E-state index contributed by atoms with van der Waals surface area (Å²) in [5.74, 6) is 0.0381. The van der Waals surface area contributed by atoms with Crippen LogP contribution in [0.25, 0.3) is 0 Å². The molecule has 3 rings (SSSR count). The predicted octanol–water partition coefficient (Wildman–Crippen LogP) is 3.97. The van der Waals surface area contributed by atoms with Gasteiger partial charge in [-0.05, 0) is 42.3 Å². The van der Waals surface area contributed by atoms with Gasteiger partial charge in [0.05, 0.1) is 18.5 Å². The molecule has 0 saturated carbocycles. The van der Waals surface area contributed by atoms with E-state index in [1.54, 1.807) is 0 Å². The average Bonchev–Trinajstić information content (AvgIpc) is 2.69. The molecule has 1 fully saturated rings. The van der Waals surface area contributed by atoms with Gasteiger partial charge in [0.25, 0.3) is 0 Å². The fourth-order valence-electron chi connectivity index (χ4n) is 2.98. The zero-order chi connectivity index (χ0) is 19.1. The van der Waals surface area contributed by atoms with Crippen molar-refractivity contribution in [2.45, 2.75) is 30.2 Å². The number of morpholine rings is 1. The molecule has 0 bridgehead atoms. The summed E-state index contributed by atoms with van der Waals surface area (Å²) in [6.45, 7) is 6.85. The zero-order valence-corrected chi connectivity index (χ0v) is 17.1. The normalized spacial score (nSPS) is 16.1. The number of hydrogen-bond donors (Lipinski definition) is 1. The van der Waals surface area contributed by atoms with E-state index in [0.717, 1.165) is 37.7 Å². The smallest absolute Gasteiger partial charge is 0.233 e. The molecule has 1 atom stereocenters. The number of thioether (sulfide) groups is 1. The van der Waals surface area contributed by atoms with Crippen LogP contribution in [0.4, 0.5) is 0 Å². The first-order valence-corrected chi connectivity index (χ1v) is 10.4. The lowest BCUT2D eigenvalue weighted by atomic mass is 10.1. The Balaban J connectivity index is 1.54. The predicted molar refractivity (Wildman–Crippen MR) is 111 cm³/mol. The molecule has 1 heterocycles. The lowest BCUT2D eigenvalue weighted by Crippen LogP contribution is -2.36. The van der Waals surface area contributed by atoms with Crippen LogP contribution in [0.3, 0.4) is 0 Å². The molecule has 0 radical (unpaired) electrons. The minimum absolute atomic E-state index is 0.0381. The van der Waals surface area contributed by atoms with Gasteiger partial charge in [-0.15, -0.1) is 11.8 Å². The second-order valence-electron chi connectivity index (χ2n) is 6.59. The molecule has 2 aromatic rings. The van der Waals surface area contributed by atoms with Crippen molar-refractivity contribution < 1.29 is 9.53 Å². The van der Waals surface area contributed by atoms with Crippen molar-refractivity contribution in [3.8, 4) is 0 Å². The Kier molecular flexibility index (Phi) is 7.59. The topological polar surface area (TPSA) is 41.6 Å². The van der Waals surface area contributed by atoms with E-state index in [2.05, 4.69) is 28.4 Å². The van der Waals surface area contributed by atoms with Crippen LogP contribution < -0.4 is 5.32 Å². The molecule has 144 valence electrons. The van der Waals surface area contributed by atoms with Gasteiger partial charge >= 0.3 is 0 Å². The van der Waals surface area contributed by atoms with Crippen molar-refractivity contribution in [2.75, 3.05) is 26.3 Å². The summed E-state index contributed by atoms with van der Waals surface area (Å²) in [6, 6.07) is 15.9. The number of amides is 1. The minimum atomic E-state index is -0.169. The van der Waals surface area contributed by atoms with E-state index < -0.39 is 0 Å². The Labute approximate surface area is 170 Å². The SMILES string of the molecule is CC(Sc1ccc(Cl)cc1)C(=O)NCc1ccccc1CN1CCOCC1. The summed E-state index contributed by atoms with van der Waals surface area (Å²) >= 11 is 7.45. The highest BCUT2D eigenvalue weighted by atomic mass is 35.5. The van der Waals surface area contributed by atoms with E-state index in [-0.39, 0.29) is 11.2 Å². The third-order valence-electron chi connectivity index (χ3n) is 4.56. The number of carbonyl (C=O) groups is 1. The average molecular weight is 405 g/mol. The van der Waals surface area contributed by atoms with Gasteiger partial charge in [0.1, 0.15) is 0 Å². The van der Waals surface area contributed by atoms with Crippen LogP contribution in [0.2, 0.25) is 5.02 Å². The monoisotopic (exact) mass is 404 g/mol. The van der Waals surface area contributed by atoms with Crippen LogP contribution in [0, 0.1) is 0 Å². The Morgan fingerprint density at radius 1 is 1.15 bits per heavy atom. The van der Waals surface area contributed by atoms with Gasteiger partial charge in [-0.1, -0.05) is 35.9 Å². The van der Waals surface area contributed by atoms with Crippen molar-refractivity contribution in [1.82, 2.24) is 10.2 Å². The van der Waals surface area contributed by atoms with E-state index in [9.17, 15) is 4.79 Å². The van der Waals surface area contributed by atoms with Crippen molar-refractivity contribution in [1.29, 1.82) is 0 Å². The molecule has 1 aliphatic rings. The van der Waals surface area contributed by atoms with Crippen LogP contribution in [0.1, 0.15) is 18.1 Å². The third-order valence-corrected chi connectivity index (χ3v) is 5.93. The molecular formula is C21H25ClN2O2S. The fourth-order valence-corrected chi connectivity index (χ4v) is 4.00. The van der Waals surface area contributed by atoms with Crippen LogP contribution in [-0.2, 0) is 22.6 Å². The van der Waals surface area contributed by atoms with E-state index in [4.69, 9.17) is 16.3 Å². The number of nitrogens with zero attached hydrogens (tertiary/aromatic N) is 1. The molecular weight excluding hydrogens is 380 g/mol. The molecule has 4 nitrogen and oxygen atoms in total. The first kappa shape index (κ1) is 20.2. The Hall–Kier alpha value is -1.53. The van der Waals surface area contributed by atoms with Crippen molar-refractivity contribution in [2.24, 2.45) is 0 Å². The van der Waals surface area contributed by atoms with Crippen LogP contribution in [0.15, 0.2) is 53.4 Å². The summed E-state index contributed by atoms with van der Waals surface area (Å²) in [5, 5.41) is 3.61. The van der Waals surface area contributed by atoms with Crippen LogP contribution >= 0.6 is 23.4 Å². The number of hydrogen-bond acceptors (Lipinski definition) is 4. The maximum atomic E-state index is 12.5. The van der Waals surface area contributed by atoms with Crippen LogP contribution in [-0.4, -0.2) is 42.4 Å². The maximum Gasteiger partial charge on any atom is 0.233 e. The summed E-state index contributed by atoms with van der Waals surface area (Å²) in [6.07, 6.45) is 0. The summed E-state index contributed by atoms with van der Waals surface area (Å²) in [5.41, 5.74) is 2.43. The fraction of sp³-hybridized carbons (Fsp3) is 0.381. The minimum Gasteiger partial charge on any atom is -0.379 e. The highest BCUT2D eigenvalue weighted by Crippen LogP contribution is 2.25. The molecule has 2 aromatic carbocycles. The van der Waals surface area contributed by atoms with E-state index >= 15 is 0 Å². The molecule has 0 aromatic heterocycles. The number of carbonyl (C=O) groups excluding carboxylic acids is 1.